The third-order valence-electron chi connectivity index (χ3n) is 3.81. The fourth-order valence-electron chi connectivity index (χ4n) is 2.45. The van der Waals surface area contributed by atoms with Crippen LogP contribution in [0.3, 0.4) is 0 Å². The number of nitrogens with zero attached hydrogens (tertiary/aromatic N) is 3. The average molecular weight is 334 g/mol. The van der Waals surface area contributed by atoms with Crippen molar-refractivity contribution in [3.63, 3.8) is 0 Å². The SMILES string of the molecule is CCCCCCCCCCCSc1nnc(-c2ccncc2)o1. The minimum absolute atomic E-state index is 0.571. The van der Waals surface area contributed by atoms with Crippen molar-refractivity contribution in [3.8, 4) is 11.5 Å². The van der Waals surface area contributed by atoms with E-state index in [2.05, 4.69) is 22.1 Å². The van der Waals surface area contributed by atoms with E-state index in [9.17, 15) is 0 Å². The Hall–Kier alpha value is -1.36. The molecule has 0 saturated heterocycles. The maximum absolute atomic E-state index is 5.67. The van der Waals surface area contributed by atoms with Crippen molar-refractivity contribution in [1.82, 2.24) is 15.2 Å². The molecule has 126 valence electrons. The Labute approximate surface area is 143 Å². The van der Waals surface area contributed by atoms with Crippen LogP contribution >= 0.6 is 11.8 Å². The molecule has 0 fully saturated rings. The zero-order valence-corrected chi connectivity index (χ0v) is 14.9. The summed E-state index contributed by atoms with van der Waals surface area (Å²) in [6.07, 6.45) is 15.6. The first-order valence-corrected chi connectivity index (χ1v) is 9.75. The molecule has 0 atom stereocenters. The molecule has 5 heteroatoms. The van der Waals surface area contributed by atoms with Gasteiger partial charge in [-0.25, -0.2) is 0 Å². The third kappa shape index (κ3) is 7.16. The molecule has 0 bridgehead atoms. The lowest BCUT2D eigenvalue weighted by Gasteiger charge is -2.01. The van der Waals surface area contributed by atoms with Crippen molar-refractivity contribution in [3.05, 3.63) is 24.5 Å². The minimum atomic E-state index is 0.571. The van der Waals surface area contributed by atoms with Gasteiger partial charge in [0.2, 0.25) is 5.89 Å². The highest BCUT2D eigenvalue weighted by atomic mass is 32.2. The fourth-order valence-corrected chi connectivity index (χ4v) is 3.21. The van der Waals surface area contributed by atoms with Crippen molar-refractivity contribution >= 4 is 11.8 Å². The summed E-state index contributed by atoms with van der Waals surface area (Å²) in [6, 6.07) is 3.75. The van der Waals surface area contributed by atoms with Gasteiger partial charge in [-0.3, -0.25) is 4.98 Å². The second kappa shape index (κ2) is 11.2. The summed E-state index contributed by atoms with van der Waals surface area (Å²) in [6.45, 7) is 2.26. The fraction of sp³-hybridized carbons (Fsp3) is 0.611. The lowest BCUT2D eigenvalue weighted by Crippen LogP contribution is -1.84. The molecule has 0 aliphatic rings. The predicted octanol–water partition coefficient (Wildman–Crippen LogP) is 5.75. The van der Waals surface area contributed by atoms with Gasteiger partial charge >= 0.3 is 0 Å². The predicted molar refractivity (Wildman–Crippen MR) is 95.5 cm³/mol. The monoisotopic (exact) mass is 333 g/mol. The molecule has 0 aliphatic heterocycles. The minimum Gasteiger partial charge on any atom is -0.411 e. The molecule has 2 aromatic rings. The summed E-state index contributed by atoms with van der Waals surface area (Å²) >= 11 is 1.65. The number of hydrogen-bond acceptors (Lipinski definition) is 5. The summed E-state index contributed by atoms with van der Waals surface area (Å²) in [5.74, 6) is 1.62. The standard InChI is InChI=1S/C18H27N3OS/c1-2-3-4-5-6-7-8-9-10-15-23-18-21-20-17(22-18)16-11-13-19-14-12-16/h11-14H,2-10,15H2,1H3. The molecule has 0 N–H and O–H groups in total. The highest BCUT2D eigenvalue weighted by molar-refractivity contribution is 7.99. The summed E-state index contributed by atoms with van der Waals surface area (Å²) in [7, 11) is 0. The van der Waals surface area contributed by atoms with Gasteiger partial charge < -0.3 is 4.42 Å². The van der Waals surface area contributed by atoms with Crippen LogP contribution in [-0.4, -0.2) is 20.9 Å². The molecular formula is C18H27N3OS. The number of rotatable bonds is 12. The van der Waals surface area contributed by atoms with Gasteiger partial charge in [-0.2, -0.15) is 0 Å². The van der Waals surface area contributed by atoms with E-state index in [1.165, 1.54) is 57.8 Å². The van der Waals surface area contributed by atoms with Gasteiger partial charge in [0, 0.05) is 23.7 Å². The highest BCUT2D eigenvalue weighted by Gasteiger charge is 2.08. The Balaban J connectivity index is 1.53. The van der Waals surface area contributed by atoms with Gasteiger partial charge in [-0.1, -0.05) is 70.1 Å². The first-order valence-electron chi connectivity index (χ1n) is 8.77. The second-order valence-electron chi connectivity index (χ2n) is 5.79. The van der Waals surface area contributed by atoms with Crippen molar-refractivity contribution in [1.29, 1.82) is 0 Å². The Morgan fingerprint density at radius 2 is 1.52 bits per heavy atom. The Bertz CT molecular complexity index is 530. The smallest absolute Gasteiger partial charge is 0.276 e. The van der Waals surface area contributed by atoms with Gasteiger partial charge in [0.05, 0.1) is 0 Å². The zero-order chi connectivity index (χ0) is 16.2. The van der Waals surface area contributed by atoms with Crippen LogP contribution in [0.2, 0.25) is 0 Å². The Morgan fingerprint density at radius 1 is 0.870 bits per heavy atom. The van der Waals surface area contributed by atoms with E-state index < -0.39 is 0 Å². The van der Waals surface area contributed by atoms with E-state index in [0.717, 1.165) is 11.3 Å². The lowest BCUT2D eigenvalue weighted by atomic mass is 10.1. The normalized spacial score (nSPS) is 11.0. The van der Waals surface area contributed by atoms with Crippen LogP contribution in [0.15, 0.2) is 34.2 Å². The van der Waals surface area contributed by atoms with E-state index in [1.807, 2.05) is 12.1 Å². The summed E-state index contributed by atoms with van der Waals surface area (Å²) in [5.41, 5.74) is 0.919. The van der Waals surface area contributed by atoms with Crippen LogP contribution in [0.25, 0.3) is 11.5 Å². The summed E-state index contributed by atoms with van der Waals surface area (Å²) in [4.78, 5) is 3.99. The number of hydrogen-bond donors (Lipinski definition) is 0. The van der Waals surface area contributed by atoms with Crippen molar-refractivity contribution in [2.75, 3.05) is 5.75 Å². The molecular weight excluding hydrogens is 306 g/mol. The molecule has 2 heterocycles. The zero-order valence-electron chi connectivity index (χ0n) is 14.0. The molecule has 0 radical (unpaired) electrons. The van der Waals surface area contributed by atoms with Gasteiger partial charge in [-0.15, -0.1) is 10.2 Å². The molecule has 4 nitrogen and oxygen atoms in total. The van der Waals surface area contributed by atoms with Crippen LogP contribution in [-0.2, 0) is 0 Å². The van der Waals surface area contributed by atoms with E-state index in [1.54, 1.807) is 24.2 Å². The quantitative estimate of drug-likeness (QED) is 0.365. The average Bonchev–Trinajstić information content (AvgIpc) is 3.06. The third-order valence-corrected chi connectivity index (χ3v) is 4.71. The summed E-state index contributed by atoms with van der Waals surface area (Å²) in [5, 5.41) is 8.84. The van der Waals surface area contributed by atoms with Crippen molar-refractivity contribution < 1.29 is 4.42 Å². The molecule has 2 aromatic heterocycles. The Morgan fingerprint density at radius 3 is 2.22 bits per heavy atom. The number of thioether (sulfide) groups is 1. The van der Waals surface area contributed by atoms with E-state index >= 15 is 0 Å². The molecule has 0 aliphatic carbocycles. The van der Waals surface area contributed by atoms with Crippen LogP contribution in [0.1, 0.15) is 64.7 Å². The van der Waals surface area contributed by atoms with Gasteiger partial charge in [-0.05, 0) is 18.6 Å². The highest BCUT2D eigenvalue weighted by Crippen LogP contribution is 2.23. The number of unbranched alkanes of at least 4 members (excludes halogenated alkanes) is 8. The topological polar surface area (TPSA) is 51.8 Å². The van der Waals surface area contributed by atoms with Crippen molar-refractivity contribution in [2.24, 2.45) is 0 Å². The number of aromatic nitrogens is 3. The Kier molecular flexibility index (Phi) is 8.77. The molecule has 0 aromatic carbocycles. The molecule has 0 amide bonds. The van der Waals surface area contributed by atoms with Crippen molar-refractivity contribution in [2.45, 2.75) is 69.9 Å². The van der Waals surface area contributed by atoms with Gasteiger partial charge in [0.15, 0.2) is 0 Å². The lowest BCUT2D eigenvalue weighted by molar-refractivity contribution is 0.465. The van der Waals surface area contributed by atoms with E-state index in [0.29, 0.717) is 11.1 Å². The molecule has 2 rings (SSSR count). The van der Waals surface area contributed by atoms with E-state index in [4.69, 9.17) is 4.42 Å². The first-order chi connectivity index (χ1) is 11.4. The van der Waals surface area contributed by atoms with Crippen LogP contribution in [0.5, 0.6) is 0 Å². The van der Waals surface area contributed by atoms with E-state index in [-0.39, 0.29) is 0 Å². The van der Waals surface area contributed by atoms with Gasteiger partial charge in [0.1, 0.15) is 0 Å². The van der Waals surface area contributed by atoms with Crippen LogP contribution in [0.4, 0.5) is 0 Å². The summed E-state index contributed by atoms with van der Waals surface area (Å²) < 4.78 is 5.67. The molecule has 0 spiro atoms. The van der Waals surface area contributed by atoms with Crippen LogP contribution in [0, 0.1) is 0 Å². The molecule has 0 saturated carbocycles. The first kappa shape index (κ1) is 18.0. The molecule has 0 unspecified atom stereocenters. The van der Waals surface area contributed by atoms with Gasteiger partial charge in [0.25, 0.3) is 5.22 Å². The molecule has 23 heavy (non-hydrogen) atoms. The van der Waals surface area contributed by atoms with Crippen LogP contribution < -0.4 is 0 Å². The number of pyridine rings is 1. The second-order valence-corrected chi connectivity index (χ2v) is 6.83. The maximum Gasteiger partial charge on any atom is 0.276 e. The largest absolute Gasteiger partial charge is 0.411 e. The maximum atomic E-state index is 5.67.